The molecular weight excluding hydrogens is 308 g/mol. The topological polar surface area (TPSA) is 49.7 Å². The van der Waals surface area contributed by atoms with Crippen LogP contribution in [0.3, 0.4) is 0 Å². The highest BCUT2D eigenvalue weighted by Gasteiger charge is 2.37. The van der Waals surface area contributed by atoms with Gasteiger partial charge in [-0.05, 0) is 6.07 Å². The van der Waals surface area contributed by atoms with Crippen molar-refractivity contribution in [2.45, 2.75) is 0 Å². The number of nitrogens with zero attached hydrogens (tertiary/aromatic N) is 2. The Hall–Kier alpha value is -2.66. The minimum Gasteiger partial charge on any atom is -0.311 e. The van der Waals surface area contributed by atoms with E-state index in [0.29, 0.717) is 15.5 Å². The van der Waals surface area contributed by atoms with E-state index >= 15 is 0 Å². The number of amides is 2. The molecule has 0 N–H and O–H groups in total. The normalized spacial score (nSPS) is 20.0. The number of benzene rings is 2. The van der Waals surface area contributed by atoms with E-state index in [-0.39, 0.29) is 11.8 Å². The number of likely N-dealkylation sites (N-methyl/N-ethyl adjacent to an activating group) is 1. The second-order valence-electron chi connectivity index (χ2n) is 5.28. The van der Waals surface area contributed by atoms with Gasteiger partial charge in [0.2, 0.25) is 0 Å². The molecule has 2 aliphatic rings. The molecule has 0 aromatic heterocycles. The van der Waals surface area contributed by atoms with Crippen LogP contribution in [0.2, 0.25) is 0 Å². The molecule has 2 amide bonds. The first-order chi connectivity index (χ1) is 11.2. The van der Waals surface area contributed by atoms with E-state index < -0.39 is 0 Å². The second kappa shape index (κ2) is 5.21. The lowest BCUT2D eigenvalue weighted by Gasteiger charge is -2.08. The SMILES string of the molecule is CN1C(=O)C(=C2SC(c3ccccc3)=NC2=O)c2ccccc21. The molecule has 5 heteroatoms. The molecule has 4 rings (SSSR count). The largest absolute Gasteiger partial charge is 0.311 e. The highest BCUT2D eigenvalue weighted by atomic mass is 32.2. The van der Waals surface area contributed by atoms with Crippen LogP contribution < -0.4 is 4.90 Å². The molecule has 0 aliphatic carbocycles. The lowest BCUT2D eigenvalue weighted by molar-refractivity contribution is -0.115. The fourth-order valence-corrected chi connectivity index (χ4v) is 3.77. The predicted octanol–water partition coefficient (Wildman–Crippen LogP) is 3.09. The van der Waals surface area contributed by atoms with Gasteiger partial charge >= 0.3 is 0 Å². The van der Waals surface area contributed by atoms with Gasteiger partial charge in [0.25, 0.3) is 11.8 Å². The van der Waals surface area contributed by atoms with Crippen LogP contribution in [0.5, 0.6) is 0 Å². The highest BCUT2D eigenvalue weighted by molar-refractivity contribution is 8.19. The lowest BCUT2D eigenvalue weighted by atomic mass is 10.1. The number of hydrogen-bond acceptors (Lipinski definition) is 3. The van der Waals surface area contributed by atoms with E-state index in [2.05, 4.69) is 4.99 Å². The maximum Gasteiger partial charge on any atom is 0.285 e. The molecule has 0 radical (unpaired) electrons. The average molecular weight is 320 g/mol. The summed E-state index contributed by atoms with van der Waals surface area (Å²) in [4.78, 5) is 31.1. The Labute approximate surface area is 137 Å². The predicted molar refractivity (Wildman–Crippen MR) is 92.3 cm³/mol. The van der Waals surface area contributed by atoms with E-state index in [1.54, 1.807) is 11.9 Å². The third kappa shape index (κ3) is 2.12. The van der Waals surface area contributed by atoms with Crippen LogP contribution >= 0.6 is 11.8 Å². The molecule has 0 unspecified atom stereocenters. The lowest BCUT2D eigenvalue weighted by Crippen LogP contribution is -2.21. The van der Waals surface area contributed by atoms with Crippen molar-refractivity contribution >= 4 is 39.9 Å². The van der Waals surface area contributed by atoms with E-state index in [1.165, 1.54) is 11.8 Å². The molecule has 0 atom stereocenters. The number of para-hydroxylation sites is 1. The van der Waals surface area contributed by atoms with Crippen LogP contribution in [0.4, 0.5) is 5.69 Å². The van der Waals surface area contributed by atoms with Crippen LogP contribution in [0.15, 0.2) is 64.5 Å². The van der Waals surface area contributed by atoms with Crippen LogP contribution in [-0.2, 0) is 9.59 Å². The Morgan fingerprint density at radius 2 is 1.65 bits per heavy atom. The van der Waals surface area contributed by atoms with Gasteiger partial charge in [0.15, 0.2) is 0 Å². The van der Waals surface area contributed by atoms with E-state index in [0.717, 1.165) is 16.8 Å². The van der Waals surface area contributed by atoms with Gasteiger partial charge in [-0.2, -0.15) is 0 Å². The molecule has 23 heavy (non-hydrogen) atoms. The summed E-state index contributed by atoms with van der Waals surface area (Å²) in [6, 6.07) is 17.0. The monoisotopic (exact) mass is 320 g/mol. The summed E-state index contributed by atoms with van der Waals surface area (Å²) < 4.78 is 0. The van der Waals surface area contributed by atoms with Gasteiger partial charge < -0.3 is 4.90 Å². The van der Waals surface area contributed by atoms with Crippen LogP contribution in [0.1, 0.15) is 11.1 Å². The van der Waals surface area contributed by atoms with Crippen molar-refractivity contribution in [3.05, 3.63) is 70.6 Å². The molecule has 4 nitrogen and oxygen atoms in total. The Morgan fingerprint density at radius 3 is 2.43 bits per heavy atom. The van der Waals surface area contributed by atoms with Gasteiger partial charge in [0.1, 0.15) is 5.04 Å². The molecule has 0 saturated carbocycles. The summed E-state index contributed by atoms with van der Waals surface area (Å²) in [5.41, 5.74) is 2.95. The number of rotatable bonds is 1. The number of thioether (sulfide) groups is 1. The molecule has 0 fully saturated rings. The summed E-state index contributed by atoms with van der Waals surface area (Å²) in [6.45, 7) is 0. The first-order valence-corrected chi connectivity index (χ1v) is 7.96. The van der Waals surface area contributed by atoms with Crippen molar-refractivity contribution in [2.75, 3.05) is 11.9 Å². The van der Waals surface area contributed by atoms with Crippen molar-refractivity contribution in [3.63, 3.8) is 0 Å². The molecule has 2 heterocycles. The first kappa shape index (κ1) is 14.0. The van der Waals surface area contributed by atoms with Gasteiger partial charge in [0, 0.05) is 18.2 Å². The number of carbonyl (C=O) groups excluding carboxylic acids is 2. The van der Waals surface area contributed by atoms with Crippen molar-refractivity contribution in [1.82, 2.24) is 0 Å². The van der Waals surface area contributed by atoms with Crippen molar-refractivity contribution in [2.24, 2.45) is 4.99 Å². The number of hydrogen-bond donors (Lipinski definition) is 0. The zero-order valence-corrected chi connectivity index (χ0v) is 13.1. The summed E-state index contributed by atoms with van der Waals surface area (Å²) >= 11 is 1.27. The zero-order chi connectivity index (χ0) is 16.0. The summed E-state index contributed by atoms with van der Waals surface area (Å²) in [5, 5.41) is 0.637. The first-order valence-electron chi connectivity index (χ1n) is 7.15. The molecule has 0 bridgehead atoms. The van der Waals surface area contributed by atoms with E-state index in [9.17, 15) is 9.59 Å². The standard InChI is InChI=1S/C18H12N2O2S/c1-20-13-10-6-5-9-12(13)14(18(20)22)15-16(21)19-17(23-15)11-7-3-2-4-8-11/h2-10H,1H3. The third-order valence-corrected chi connectivity index (χ3v) is 5.00. The second-order valence-corrected chi connectivity index (χ2v) is 6.27. The molecule has 112 valence electrons. The van der Waals surface area contributed by atoms with Gasteiger partial charge in [-0.3, -0.25) is 9.59 Å². The van der Waals surface area contributed by atoms with E-state index in [4.69, 9.17) is 0 Å². The van der Waals surface area contributed by atoms with Gasteiger partial charge in [0.05, 0.1) is 16.2 Å². The van der Waals surface area contributed by atoms with Gasteiger partial charge in [-0.1, -0.05) is 60.3 Å². The molecule has 2 aliphatic heterocycles. The fraction of sp³-hybridized carbons (Fsp3) is 0.0556. The summed E-state index contributed by atoms with van der Waals surface area (Å²) in [6.07, 6.45) is 0. The van der Waals surface area contributed by atoms with Crippen LogP contribution in [-0.4, -0.2) is 23.9 Å². The Bertz CT molecular complexity index is 900. The Kier molecular flexibility index (Phi) is 3.16. The molecule has 0 spiro atoms. The smallest absolute Gasteiger partial charge is 0.285 e. The Balaban J connectivity index is 1.82. The van der Waals surface area contributed by atoms with Gasteiger partial charge in [-0.15, -0.1) is 0 Å². The number of fused-ring (bicyclic) bond motifs is 1. The maximum absolute atomic E-state index is 12.6. The molecule has 2 aromatic rings. The quantitative estimate of drug-likeness (QED) is 0.759. The number of carbonyl (C=O) groups is 2. The van der Waals surface area contributed by atoms with Crippen LogP contribution in [0, 0.1) is 0 Å². The van der Waals surface area contributed by atoms with Crippen LogP contribution in [0.25, 0.3) is 5.57 Å². The molecular formula is C18H12N2O2S. The van der Waals surface area contributed by atoms with E-state index in [1.807, 2.05) is 54.6 Å². The van der Waals surface area contributed by atoms with Gasteiger partial charge in [-0.25, -0.2) is 4.99 Å². The fourth-order valence-electron chi connectivity index (χ4n) is 2.76. The minimum absolute atomic E-state index is 0.161. The molecule has 2 aromatic carbocycles. The number of anilines is 1. The number of aliphatic imine (C=N–C) groups is 1. The summed E-state index contributed by atoms with van der Waals surface area (Å²) in [5.74, 6) is -0.506. The molecule has 0 saturated heterocycles. The Morgan fingerprint density at radius 1 is 0.957 bits per heavy atom. The summed E-state index contributed by atoms with van der Waals surface area (Å²) in [7, 11) is 1.72. The maximum atomic E-state index is 12.6. The van der Waals surface area contributed by atoms with Crippen molar-refractivity contribution in [3.8, 4) is 0 Å². The highest BCUT2D eigenvalue weighted by Crippen LogP contribution is 2.43. The zero-order valence-electron chi connectivity index (χ0n) is 12.3. The minimum atomic E-state index is -0.345. The third-order valence-electron chi connectivity index (χ3n) is 3.90. The van der Waals surface area contributed by atoms with Crippen molar-refractivity contribution < 1.29 is 9.59 Å². The van der Waals surface area contributed by atoms with Crippen molar-refractivity contribution in [1.29, 1.82) is 0 Å². The average Bonchev–Trinajstić information content (AvgIpc) is 3.08.